The number of nitrogens with zero attached hydrogens (tertiary/aromatic N) is 5. The first-order valence-electron chi connectivity index (χ1n) is 7.17. The van der Waals surface area contributed by atoms with E-state index in [2.05, 4.69) is 21.1 Å². The van der Waals surface area contributed by atoms with E-state index in [1.807, 2.05) is 30.5 Å². The molecular weight excluding hydrogens is 281 g/mol. The Balaban J connectivity index is 1.83. The van der Waals surface area contributed by atoms with E-state index in [1.54, 1.807) is 6.07 Å². The SMILES string of the molecule is Cc1cc(C)n(CCN(C)c2ncnc3cc(F)ccc23)n1. The average Bonchev–Trinajstić information content (AvgIpc) is 2.81. The smallest absolute Gasteiger partial charge is 0.139 e. The molecule has 0 spiro atoms. The maximum Gasteiger partial charge on any atom is 0.139 e. The Kier molecular flexibility index (Phi) is 3.75. The molecule has 0 aliphatic carbocycles. The average molecular weight is 299 g/mol. The summed E-state index contributed by atoms with van der Waals surface area (Å²) < 4.78 is 15.3. The van der Waals surface area contributed by atoms with Gasteiger partial charge in [0.15, 0.2) is 0 Å². The Bertz CT molecular complexity index is 811. The highest BCUT2D eigenvalue weighted by Gasteiger charge is 2.10. The fourth-order valence-electron chi connectivity index (χ4n) is 2.57. The molecule has 0 radical (unpaired) electrons. The number of likely N-dealkylation sites (N-methyl/N-ethyl adjacent to an activating group) is 1. The van der Waals surface area contributed by atoms with Gasteiger partial charge in [-0.05, 0) is 32.0 Å². The summed E-state index contributed by atoms with van der Waals surface area (Å²) in [5, 5.41) is 5.30. The van der Waals surface area contributed by atoms with Crippen LogP contribution in [0, 0.1) is 19.7 Å². The lowest BCUT2D eigenvalue weighted by Crippen LogP contribution is -2.24. The third-order valence-electron chi connectivity index (χ3n) is 3.69. The molecule has 0 saturated carbocycles. The van der Waals surface area contributed by atoms with E-state index >= 15 is 0 Å². The molecule has 5 nitrogen and oxygen atoms in total. The Morgan fingerprint density at radius 3 is 2.73 bits per heavy atom. The molecule has 22 heavy (non-hydrogen) atoms. The summed E-state index contributed by atoms with van der Waals surface area (Å²) in [6, 6.07) is 6.64. The first-order valence-corrected chi connectivity index (χ1v) is 7.17. The van der Waals surface area contributed by atoms with Crippen molar-refractivity contribution in [2.75, 3.05) is 18.5 Å². The number of aryl methyl sites for hydroxylation is 2. The molecule has 2 aromatic heterocycles. The van der Waals surface area contributed by atoms with E-state index in [1.165, 1.54) is 18.5 Å². The van der Waals surface area contributed by atoms with Crippen LogP contribution in [0.25, 0.3) is 10.9 Å². The van der Waals surface area contributed by atoms with E-state index in [0.29, 0.717) is 5.52 Å². The van der Waals surface area contributed by atoms with Gasteiger partial charge in [0.25, 0.3) is 0 Å². The number of hydrogen-bond donors (Lipinski definition) is 0. The zero-order valence-electron chi connectivity index (χ0n) is 12.9. The van der Waals surface area contributed by atoms with Crippen LogP contribution in [0.4, 0.5) is 10.2 Å². The molecule has 6 heteroatoms. The number of aromatic nitrogens is 4. The maximum absolute atomic E-state index is 13.3. The summed E-state index contributed by atoms with van der Waals surface area (Å²) in [6.07, 6.45) is 1.47. The van der Waals surface area contributed by atoms with Gasteiger partial charge in [0.05, 0.1) is 17.8 Å². The fourth-order valence-corrected chi connectivity index (χ4v) is 2.57. The zero-order valence-corrected chi connectivity index (χ0v) is 12.9. The van der Waals surface area contributed by atoms with Crippen LogP contribution in [-0.4, -0.2) is 33.3 Å². The summed E-state index contributed by atoms with van der Waals surface area (Å²) >= 11 is 0. The van der Waals surface area contributed by atoms with Crippen molar-refractivity contribution in [2.24, 2.45) is 0 Å². The molecule has 0 atom stereocenters. The lowest BCUT2D eigenvalue weighted by atomic mass is 10.2. The zero-order chi connectivity index (χ0) is 15.7. The molecule has 1 aromatic carbocycles. The van der Waals surface area contributed by atoms with Gasteiger partial charge < -0.3 is 4.90 Å². The van der Waals surface area contributed by atoms with Gasteiger partial charge in [0, 0.05) is 30.7 Å². The fraction of sp³-hybridized carbons (Fsp3) is 0.312. The highest BCUT2D eigenvalue weighted by molar-refractivity contribution is 5.89. The molecule has 0 aliphatic heterocycles. The van der Waals surface area contributed by atoms with Crippen molar-refractivity contribution in [1.29, 1.82) is 0 Å². The molecule has 0 saturated heterocycles. The van der Waals surface area contributed by atoms with Crippen LogP contribution in [0.3, 0.4) is 0 Å². The Labute approximate surface area is 128 Å². The Hall–Kier alpha value is -2.50. The number of benzene rings is 1. The first-order chi connectivity index (χ1) is 10.5. The second kappa shape index (κ2) is 5.71. The number of rotatable bonds is 4. The minimum atomic E-state index is -0.289. The van der Waals surface area contributed by atoms with Gasteiger partial charge in [-0.2, -0.15) is 5.10 Å². The van der Waals surface area contributed by atoms with Crippen molar-refractivity contribution in [1.82, 2.24) is 19.7 Å². The quantitative estimate of drug-likeness (QED) is 0.743. The summed E-state index contributed by atoms with van der Waals surface area (Å²) in [5.74, 6) is 0.508. The Morgan fingerprint density at radius 2 is 2.00 bits per heavy atom. The van der Waals surface area contributed by atoms with Crippen LogP contribution in [0.2, 0.25) is 0 Å². The van der Waals surface area contributed by atoms with Crippen LogP contribution in [0.5, 0.6) is 0 Å². The van der Waals surface area contributed by atoms with Crippen molar-refractivity contribution >= 4 is 16.7 Å². The summed E-state index contributed by atoms with van der Waals surface area (Å²) in [7, 11) is 1.97. The van der Waals surface area contributed by atoms with Crippen LogP contribution in [-0.2, 0) is 6.54 Å². The van der Waals surface area contributed by atoms with Crippen molar-refractivity contribution in [3.63, 3.8) is 0 Å². The van der Waals surface area contributed by atoms with Crippen molar-refractivity contribution in [3.8, 4) is 0 Å². The first kappa shape index (κ1) is 14.4. The number of halogens is 1. The van der Waals surface area contributed by atoms with Crippen molar-refractivity contribution in [3.05, 3.63) is 47.8 Å². The van der Waals surface area contributed by atoms with Gasteiger partial charge in [0.1, 0.15) is 18.0 Å². The monoisotopic (exact) mass is 299 g/mol. The van der Waals surface area contributed by atoms with Gasteiger partial charge in [-0.3, -0.25) is 4.68 Å². The van der Waals surface area contributed by atoms with Crippen LogP contribution in [0.15, 0.2) is 30.6 Å². The molecule has 0 bridgehead atoms. The van der Waals surface area contributed by atoms with E-state index < -0.39 is 0 Å². The lowest BCUT2D eigenvalue weighted by molar-refractivity contribution is 0.591. The number of hydrogen-bond acceptors (Lipinski definition) is 4. The maximum atomic E-state index is 13.3. The Morgan fingerprint density at radius 1 is 1.18 bits per heavy atom. The predicted octanol–water partition coefficient (Wildman–Crippen LogP) is 2.72. The van der Waals surface area contributed by atoms with E-state index in [9.17, 15) is 4.39 Å². The van der Waals surface area contributed by atoms with E-state index in [0.717, 1.165) is 35.7 Å². The van der Waals surface area contributed by atoms with Gasteiger partial charge in [-0.25, -0.2) is 14.4 Å². The second-order valence-corrected chi connectivity index (χ2v) is 5.43. The minimum absolute atomic E-state index is 0.289. The summed E-state index contributed by atoms with van der Waals surface area (Å²) in [5.41, 5.74) is 2.77. The highest BCUT2D eigenvalue weighted by atomic mass is 19.1. The predicted molar refractivity (Wildman–Crippen MR) is 84.5 cm³/mol. The normalized spacial score (nSPS) is 11.1. The number of anilines is 1. The topological polar surface area (TPSA) is 46.8 Å². The van der Waals surface area contributed by atoms with Gasteiger partial charge >= 0.3 is 0 Å². The van der Waals surface area contributed by atoms with Gasteiger partial charge in [-0.1, -0.05) is 0 Å². The molecule has 0 amide bonds. The third kappa shape index (κ3) is 2.77. The summed E-state index contributed by atoms with van der Waals surface area (Å²) in [4.78, 5) is 10.5. The van der Waals surface area contributed by atoms with Crippen molar-refractivity contribution < 1.29 is 4.39 Å². The molecule has 0 aliphatic rings. The molecule has 0 fully saturated rings. The van der Waals surface area contributed by atoms with E-state index in [4.69, 9.17) is 0 Å². The molecule has 0 unspecified atom stereocenters. The van der Waals surface area contributed by atoms with E-state index in [-0.39, 0.29) is 5.82 Å². The summed E-state index contributed by atoms with van der Waals surface area (Å²) in [6.45, 7) is 5.55. The number of fused-ring (bicyclic) bond motifs is 1. The molecule has 2 heterocycles. The van der Waals surface area contributed by atoms with Gasteiger partial charge in [-0.15, -0.1) is 0 Å². The van der Waals surface area contributed by atoms with Crippen LogP contribution >= 0.6 is 0 Å². The second-order valence-electron chi connectivity index (χ2n) is 5.43. The van der Waals surface area contributed by atoms with Crippen LogP contribution in [0.1, 0.15) is 11.4 Å². The third-order valence-corrected chi connectivity index (χ3v) is 3.69. The van der Waals surface area contributed by atoms with Crippen LogP contribution < -0.4 is 4.90 Å². The lowest BCUT2D eigenvalue weighted by Gasteiger charge is -2.20. The molecule has 3 rings (SSSR count). The largest absolute Gasteiger partial charge is 0.357 e. The molecular formula is C16H18FN5. The molecule has 3 aromatic rings. The van der Waals surface area contributed by atoms with Crippen molar-refractivity contribution in [2.45, 2.75) is 20.4 Å². The minimum Gasteiger partial charge on any atom is -0.357 e. The standard InChI is InChI=1S/C16H18FN5/c1-11-8-12(2)22(20-11)7-6-21(3)16-14-5-4-13(17)9-15(14)18-10-19-16/h4-5,8-10H,6-7H2,1-3H3. The molecule has 0 N–H and O–H groups in total. The van der Waals surface area contributed by atoms with Gasteiger partial charge in [0.2, 0.25) is 0 Å². The molecule has 114 valence electrons. The highest BCUT2D eigenvalue weighted by Crippen LogP contribution is 2.22.